The Labute approximate surface area is 247 Å². The van der Waals surface area contributed by atoms with Crippen molar-refractivity contribution in [2.45, 2.75) is 31.9 Å². The van der Waals surface area contributed by atoms with Gasteiger partial charge in [0.2, 0.25) is 0 Å². The molecule has 0 bridgehead atoms. The van der Waals surface area contributed by atoms with Gasteiger partial charge in [0.05, 0.1) is 26.2 Å². The van der Waals surface area contributed by atoms with Crippen LogP contribution in [0, 0.1) is 11.8 Å². The van der Waals surface area contributed by atoms with Crippen molar-refractivity contribution < 1.29 is 19.2 Å². The summed E-state index contributed by atoms with van der Waals surface area (Å²) in [7, 11) is 3.84. The lowest BCUT2D eigenvalue weighted by Gasteiger charge is -2.11. The molecule has 1 N–H and O–H groups in total. The van der Waals surface area contributed by atoms with E-state index in [2.05, 4.69) is 17.0 Å². The zero-order valence-corrected chi connectivity index (χ0v) is 24.1. The monoisotopic (exact) mass is 594 g/mol. The van der Waals surface area contributed by atoms with E-state index in [-0.39, 0.29) is 12.2 Å². The number of carboxylic acids is 1. The van der Waals surface area contributed by atoms with Crippen LogP contribution >= 0.6 is 34.8 Å². The lowest BCUT2D eigenvalue weighted by molar-refractivity contribution is 0.0696. The molecule has 5 rings (SSSR count). The second kappa shape index (κ2) is 12.0. The molecule has 0 atom stereocenters. The summed E-state index contributed by atoms with van der Waals surface area (Å²) in [5, 5.41) is 15.1. The molecule has 40 heavy (non-hydrogen) atoms. The smallest absolute Gasteiger partial charge is 0.335 e. The molecule has 1 aromatic heterocycles. The Balaban J connectivity index is 1.33. The van der Waals surface area contributed by atoms with E-state index >= 15 is 0 Å². The van der Waals surface area contributed by atoms with Crippen molar-refractivity contribution in [2.24, 2.45) is 0 Å². The Morgan fingerprint density at radius 2 is 1.88 bits per heavy atom. The van der Waals surface area contributed by atoms with Crippen LogP contribution in [-0.2, 0) is 13.2 Å². The van der Waals surface area contributed by atoms with Gasteiger partial charge < -0.3 is 19.3 Å². The number of ether oxygens (including phenoxy) is 1. The van der Waals surface area contributed by atoms with Crippen molar-refractivity contribution in [1.29, 1.82) is 0 Å². The lowest BCUT2D eigenvalue weighted by Crippen LogP contribution is -2.11. The standard InChI is InChI=1S/C31H25Cl3N2O4/c1-36(2)15-19-11-18(12-22(13-19)31(37)38)3-4-21-7-8-24(14-27(21)33)39-16-23-17-40-35-30(23)28-26(32)10-9-25(29(28)34)20-5-6-20/h7-14,17,20H,5-6,15-16H2,1-2H3,(H,37,38). The van der Waals surface area contributed by atoms with E-state index in [0.29, 0.717) is 61.2 Å². The topological polar surface area (TPSA) is 75.8 Å². The number of rotatable bonds is 8. The molecule has 1 aliphatic rings. The van der Waals surface area contributed by atoms with Crippen LogP contribution in [-0.4, -0.2) is 35.2 Å². The Kier molecular flexibility index (Phi) is 8.39. The summed E-state index contributed by atoms with van der Waals surface area (Å²) < 4.78 is 11.2. The van der Waals surface area contributed by atoms with Gasteiger partial charge in [0, 0.05) is 29.3 Å². The number of aromatic carboxylic acids is 1. The summed E-state index contributed by atoms with van der Waals surface area (Å²) in [6, 6.07) is 14.1. The summed E-state index contributed by atoms with van der Waals surface area (Å²) >= 11 is 19.7. The van der Waals surface area contributed by atoms with Crippen LogP contribution < -0.4 is 4.74 Å². The van der Waals surface area contributed by atoms with Crippen LogP contribution in [0.3, 0.4) is 0 Å². The van der Waals surface area contributed by atoms with Crippen LogP contribution in [0.4, 0.5) is 0 Å². The highest BCUT2D eigenvalue weighted by Gasteiger charge is 2.29. The molecule has 1 saturated carbocycles. The molecule has 3 aromatic carbocycles. The van der Waals surface area contributed by atoms with E-state index < -0.39 is 5.97 Å². The zero-order valence-electron chi connectivity index (χ0n) is 21.8. The van der Waals surface area contributed by atoms with Crippen molar-refractivity contribution >= 4 is 40.8 Å². The predicted molar refractivity (Wildman–Crippen MR) is 156 cm³/mol. The maximum Gasteiger partial charge on any atom is 0.335 e. The number of aromatic nitrogens is 1. The molecule has 1 aliphatic carbocycles. The van der Waals surface area contributed by atoms with Gasteiger partial charge in [0.25, 0.3) is 0 Å². The second-order valence-electron chi connectivity index (χ2n) is 9.93. The Hall–Kier alpha value is -3.47. The number of halogens is 3. The third-order valence-corrected chi connectivity index (χ3v) is 7.47. The molecule has 0 saturated heterocycles. The SMILES string of the molecule is CN(C)Cc1cc(C#Cc2ccc(OCc3conc3-c3c(Cl)ccc(C4CC4)c3Cl)cc2Cl)cc(C(=O)O)c1. The van der Waals surface area contributed by atoms with E-state index in [0.717, 1.165) is 24.0 Å². The Morgan fingerprint density at radius 3 is 2.58 bits per heavy atom. The molecule has 0 unspecified atom stereocenters. The average Bonchev–Trinajstić information content (AvgIpc) is 3.64. The Morgan fingerprint density at radius 1 is 1.07 bits per heavy atom. The molecule has 0 spiro atoms. The lowest BCUT2D eigenvalue weighted by atomic mass is 10.0. The van der Waals surface area contributed by atoms with Gasteiger partial charge >= 0.3 is 5.97 Å². The van der Waals surface area contributed by atoms with Gasteiger partial charge in [0.1, 0.15) is 24.3 Å². The zero-order chi connectivity index (χ0) is 28.4. The number of nitrogens with zero attached hydrogens (tertiary/aromatic N) is 2. The third-order valence-electron chi connectivity index (χ3n) is 6.43. The molecular weight excluding hydrogens is 571 g/mol. The largest absolute Gasteiger partial charge is 0.489 e. The van der Waals surface area contributed by atoms with Crippen molar-refractivity contribution in [3.05, 3.63) is 103 Å². The van der Waals surface area contributed by atoms with Crippen molar-refractivity contribution in [3.63, 3.8) is 0 Å². The van der Waals surface area contributed by atoms with Gasteiger partial charge in [-0.1, -0.05) is 57.9 Å². The molecule has 6 nitrogen and oxygen atoms in total. The van der Waals surface area contributed by atoms with Gasteiger partial charge in [0.15, 0.2) is 0 Å². The van der Waals surface area contributed by atoms with Gasteiger partial charge in [-0.25, -0.2) is 4.79 Å². The van der Waals surface area contributed by atoms with Crippen molar-refractivity contribution in [2.75, 3.05) is 14.1 Å². The average molecular weight is 596 g/mol. The van der Waals surface area contributed by atoms with Crippen LogP contribution in [0.1, 0.15) is 56.9 Å². The predicted octanol–water partition coefficient (Wildman–Crippen LogP) is 7.92. The summed E-state index contributed by atoms with van der Waals surface area (Å²) in [6.07, 6.45) is 3.74. The fourth-order valence-electron chi connectivity index (χ4n) is 4.39. The van der Waals surface area contributed by atoms with Gasteiger partial charge in [-0.3, -0.25) is 0 Å². The third kappa shape index (κ3) is 6.46. The normalized spacial score (nSPS) is 12.8. The van der Waals surface area contributed by atoms with Crippen LogP contribution in [0.15, 0.2) is 59.3 Å². The maximum atomic E-state index is 11.6. The minimum atomic E-state index is -1.00. The van der Waals surface area contributed by atoms with Gasteiger partial charge in [-0.15, -0.1) is 0 Å². The number of carbonyl (C=O) groups is 1. The number of carboxylic acid groups (broad SMARTS) is 1. The molecule has 0 aliphatic heterocycles. The van der Waals surface area contributed by atoms with Gasteiger partial charge in [-0.2, -0.15) is 0 Å². The number of hydrogen-bond donors (Lipinski definition) is 1. The molecule has 0 radical (unpaired) electrons. The molecular formula is C31H25Cl3N2O4. The fraction of sp³-hybridized carbons (Fsp3) is 0.226. The summed E-state index contributed by atoms with van der Waals surface area (Å²) in [4.78, 5) is 13.5. The number of hydrogen-bond acceptors (Lipinski definition) is 5. The highest BCUT2D eigenvalue weighted by atomic mass is 35.5. The quantitative estimate of drug-likeness (QED) is 0.209. The number of benzene rings is 3. The maximum absolute atomic E-state index is 11.6. The van der Waals surface area contributed by atoms with Crippen molar-refractivity contribution in [3.8, 4) is 28.8 Å². The molecule has 1 fully saturated rings. The minimum Gasteiger partial charge on any atom is -0.489 e. The molecule has 4 aromatic rings. The Bertz CT molecular complexity index is 1650. The van der Waals surface area contributed by atoms with E-state index in [1.807, 2.05) is 37.2 Å². The molecule has 204 valence electrons. The molecule has 1 heterocycles. The van der Waals surface area contributed by atoms with E-state index in [9.17, 15) is 9.90 Å². The first-order valence-corrected chi connectivity index (χ1v) is 13.7. The van der Waals surface area contributed by atoms with Crippen molar-refractivity contribution in [1.82, 2.24) is 10.1 Å². The fourth-order valence-corrected chi connectivity index (χ4v) is 5.31. The molecule has 0 amide bonds. The van der Waals surface area contributed by atoms with E-state index in [1.54, 1.807) is 30.3 Å². The molecule has 9 heteroatoms. The van der Waals surface area contributed by atoms with Crippen LogP contribution in [0.5, 0.6) is 5.75 Å². The summed E-state index contributed by atoms with van der Waals surface area (Å²) in [6.45, 7) is 0.762. The minimum absolute atomic E-state index is 0.164. The summed E-state index contributed by atoms with van der Waals surface area (Å²) in [5.41, 5.74) is 5.19. The van der Waals surface area contributed by atoms with Crippen LogP contribution in [0.2, 0.25) is 15.1 Å². The van der Waals surface area contributed by atoms with E-state index in [1.165, 1.54) is 6.26 Å². The second-order valence-corrected chi connectivity index (χ2v) is 11.1. The van der Waals surface area contributed by atoms with Crippen LogP contribution in [0.25, 0.3) is 11.3 Å². The van der Waals surface area contributed by atoms with E-state index in [4.69, 9.17) is 44.1 Å². The first-order valence-electron chi connectivity index (χ1n) is 12.6. The highest BCUT2D eigenvalue weighted by molar-refractivity contribution is 6.39. The first-order chi connectivity index (χ1) is 19.2. The van der Waals surface area contributed by atoms with Gasteiger partial charge in [-0.05, 0) is 80.4 Å². The first kappa shape index (κ1) is 28.1. The summed E-state index contributed by atoms with van der Waals surface area (Å²) in [5.74, 6) is 6.06. The highest BCUT2D eigenvalue weighted by Crippen LogP contribution is 2.48.